The van der Waals surface area contributed by atoms with Gasteiger partial charge in [-0.15, -0.1) is 0 Å². The smallest absolute Gasteiger partial charge is 0.154 e. The van der Waals surface area contributed by atoms with Crippen molar-refractivity contribution in [3.63, 3.8) is 0 Å². The minimum atomic E-state index is 0.816. The van der Waals surface area contributed by atoms with Gasteiger partial charge in [-0.1, -0.05) is 42.5 Å². The minimum Gasteiger partial charge on any atom is -0.338 e. The van der Waals surface area contributed by atoms with Crippen LogP contribution in [0.3, 0.4) is 0 Å². The molecule has 5 rings (SSSR count). The number of hydrogen-bond acceptors (Lipinski definition) is 3. The fraction of sp³-hybridized carbons (Fsp3) is 0. The van der Waals surface area contributed by atoms with Gasteiger partial charge in [0.1, 0.15) is 10.4 Å². The van der Waals surface area contributed by atoms with Crippen LogP contribution in [0.1, 0.15) is 0 Å². The first kappa shape index (κ1) is 14.4. The third kappa shape index (κ3) is 2.20. The van der Waals surface area contributed by atoms with E-state index in [1.54, 1.807) is 6.20 Å². The molecule has 0 amide bonds. The number of para-hydroxylation sites is 1. The first-order valence-corrected chi connectivity index (χ1v) is 8.78. The standard InChI is InChI=1S/C20H13BrN4/c21-18-17(13-7-2-1-3-8-13)25-16-11-6-12-22-19(16)23-15-10-5-4-9-14(15)20(25)24-18/h1-12H,(H,22,23). The van der Waals surface area contributed by atoms with E-state index < -0.39 is 0 Å². The molecule has 0 atom stereocenters. The Morgan fingerprint density at radius 3 is 2.56 bits per heavy atom. The number of nitrogens with one attached hydrogen (secondary N) is 1. The number of imidazole rings is 1. The molecule has 0 unspecified atom stereocenters. The van der Waals surface area contributed by atoms with Crippen molar-refractivity contribution in [3.8, 4) is 28.3 Å². The van der Waals surface area contributed by atoms with E-state index in [9.17, 15) is 0 Å². The van der Waals surface area contributed by atoms with Crippen LogP contribution in [-0.4, -0.2) is 14.5 Å². The lowest BCUT2D eigenvalue weighted by Crippen LogP contribution is -2.01. The van der Waals surface area contributed by atoms with E-state index in [1.807, 2.05) is 42.5 Å². The lowest BCUT2D eigenvalue weighted by atomic mass is 10.1. The maximum absolute atomic E-state index is 4.84. The van der Waals surface area contributed by atoms with Gasteiger partial charge in [-0.05, 0) is 40.2 Å². The van der Waals surface area contributed by atoms with Crippen molar-refractivity contribution in [2.75, 3.05) is 5.32 Å². The molecule has 25 heavy (non-hydrogen) atoms. The third-order valence-electron chi connectivity index (χ3n) is 4.33. The monoisotopic (exact) mass is 388 g/mol. The normalized spacial score (nSPS) is 11.7. The summed E-state index contributed by atoms with van der Waals surface area (Å²) in [6, 6.07) is 22.5. The Bertz CT molecular complexity index is 1090. The van der Waals surface area contributed by atoms with Crippen molar-refractivity contribution in [1.82, 2.24) is 14.5 Å². The second-order valence-electron chi connectivity index (χ2n) is 5.82. The molecule has 1 N–H and O–H groups in total. The van der Waals surface area contributed by atoms with Gasteiger partial charge < -0.3 is 5.32 Å². The van der Waals surface area contributed by atoms with Gasteiger partial charge in [0.15, 0.2) is 5.82 Å². The molecule has 2 aromatic carbocycles. The van der Waals surface area contributed by atoms with E-state index in [0.29, 0.717) is 0 Å². The van der Waals surface area contributed by atoms with Gasteiger partial charge in [0.25, 0.3) is 0 Å². The van der Waals surface area contributed by atoms with Crippen molar-refractivity contribution >= 4 is 27.4 Å². The summed E-state index contributed by atoms with van der Waals surface area (Å²) in [6.07, 6.45) is 1.80. The Balaban J connectivity index is 1.92. The lowest BCUT2D eigenvalue weighted by molar-refractivity contribution is 1.07. The van der Waals surface area contributed by atoms with Crippen molar-refractivity contribution in [3.05, 3.63) is 77.5 Å². The zero-order valence-electron chi connectivity index (χ0n) is 13.1. The van der Waals surface area contributed by atoms with Crippen LogP contribution in [0.15, 0.2) is 77.5 Å². The molecule has 120 valence electrons. The molecule has 4 aromatic rings. The van der Waals surface area contributed by atoms with Crippen LogP contribution in [0.4, 0.5) is 11.5 Å². The molecule has 4 nitrogen and oxygen atoms in total. The summed E-state index contributed by atoms with van der Waals surface area (Å²) >= 11 is 3.67. The quantitative estimate of drug-likeness (QED) is 0.416. The molecule has 5 heteroatoms. The number of fused-ring (bicyclic) bond motifs is 5. The molecule has 0 fully saturated rings. The Labute approximate surface area is 153 Å². The zero-order valence-corrected chi connectivity index (χ0v) is 14.7. The van der Waals surface area contributed by atoms with Crippen molar-refractivity contribution < 1.29 is 0 Å². The molecule has 0 bridgehead atoms. The summed E-state index contributed by atoms with van der Waals surface area (Å²) in [4.78, 5) is 9.39. The van der Waals surface area contributed by atoms with Crippen molar-refractivity contribution in [1.29, 1.82) is 0 Å². The van der Waals surface area contributed by atoms with Crippen LogP contribution >= 0.6 is 15.9 Å². The number of nitrogens with zero attached hydrogens (tertiary/aromatic N) is 3. The predicted molar refractivity (Wildman–Crippen MR) is 103 cm³/mol. The van der Waals surface area contributed by atoms with Gasteiger partial charge in [0.05, 0.1) is 17.1 Å². The molecule has 3 heterocycles. The molecule has 0 aliphatic carbocycles. The van der Waals surface area contributed by atoms with Gasteiger partial charge >= 0.3 is 0 Å². The third-order valence-corrected chi connectivity index (χ3v) is 4.88. The summed E-state index contributed by atoms with van der Waals surface area (Å²) in [7, 11) is 0. The molecular formula is C20H13BrN4. The summed E-state index contributed by atoms with van der Waals surface area (Å²) < 4.78 is 2.99. The Morgan fingerprint density at radius 2 is 1.68 bits per heavy atom. The van der Waals surface area contributed by atoms with E-state index in [4.69, 9.17) is 4.98 Å². The van der Waals surface area contributed by atoms with E-state index in [-0.39, 0.29) is 0 Å². The van der Waals surface area contributed by atoms with Crippen LogP contribution in [0.5, 0.6) is 0 Å². The van der Waals surface area contributed by atoms with Crippen molar-refractivity contribution in [2.45, 2.75) is 0 Å². The Kier molecular flexibility index (Phi) is 3.21. The summed E-state index contributed by atoms with van der Waals surface area (Å²) in [5, 5.41) is 3.45. The van der Waals surface area contributed by atoms with Crippen LogP contribution in [-0.2, 0) is 0 Å². The molecule has 0 saturated carbocycles. The number of pyridine rings is 1. The van der Waals surface area contributed by atoms with Gasteiger partial charge in [0.2, 0.25) is 0 Å². The fourth-order valence-electron chi connectivity index (χ4n) is 3.24. The van der Waals surface area contributed by atoms with Crippen LogP contribution in [0, 0.1) is 0 Å². The number of aromatic nitrogens is 3. The van der Waals surface area contributed by atoms with Gasteiger partial charge in [-0.25, -0.2) is 9.97 Å². The zero-order chi connectivity index (χ0) is 16.8. The second kappa shape index (κ2) is 5.57. The first-order chi connectivity index (χ1) is 12.3. The highest BCUT2D eigenvalue weighted by Gasteiger charge is 2.26. The highest BCUT2D eigenvalue weighted by Crippen LogP contribution is 2.42. The maximum Gasteiger partial charge on any atom is 0.154 e. The number of benzene rings is 2. The van der Waals surface area contributed by atoms with E-state index in [1.165, 1.54) is 0 Å². The van der Waals surface area contributed by atoms with E-state index in [0.717, 1.165) is 44.4 Å². The van der Waals surface area contributed by atoms with Gasteiger partial charge in [-0.2, -0.15) is 0 Å². The molecule has 2 aromatic heterocycles. The molecule has 1 aliphatic rings. The van der Waals surface area contributed by atoms with Crippen molar-refractivity contribution in [2.24, 2.45) is 0 Å². The Morgan fingerprint density at radius 1 is 0.880 bits per heavy atom. The van der Waals surface area contributed by atoms with Crippen LogP contribution in [0.2, 0.25) is 0 Å². The molecule has 0 spiro atoms. The summed E-state index contributed by atoms with van der Waals surface area (Å²) in [5.41, 5.74) is 5.14. The maximum atomic E-state index is 4.84. The topological polar surface area (TPSA) is 42.7 Å². The highest BCUT2D eigenvalue weighted by atomic mass is 79.9. The molecule has 0 saturated heterocycles. The Hall–Kier alpha value is -2.92. The number of anilines is 2. The minimum absolute atomic E-state index is 0.816. The summed E-state index contributed by atoms with van der Waals surface area (Å²) in [6.45, 7) is 0. The van der Waals surface area contributed by atoms with Gasteiger partial charge in [0, 0.05) is 17.3 Å². The van der Waals surface area contributed by atoms with E-state index in [2.05, 4.69) is 55.1 Å². The summed E-state index contributed by atoms with van der Waals surface area (Å²) in [5.74, 6) is 1.70. The van der Waals surface area contributed by atoms with Crippen LogP contribution in [0.25, 0.3) is 28.3 Å². The fourth-order valence-corrected chi connectivity index (χ4v) is 3.82. The predicted octanol–water partition coefficient (Wildman–Crippen LogP) is 5.42. The highest BCUT2D eigenvalue weighted by molar-refractivity contribution is 9.10. The van der Waals surface area contributed by atoms with Gasteiger partial charge in [-0.3, -0.25) is 4.57 Å². The number of halogens is 1. The molecule has 1 aliphatic heterocycles. The average Bonchev–Trinajstić information content (AvgIpc) is 2.93. The SMILES string of the molecule is Brc1nc2n(c1-c1ccccc1)-c1cccnc1Nc1ccccc1-2. The average molecular weight is 389 g/mol. The van der Waals surface area contributed by atoms with Crippen LogP contribution < -0.4 is 5.32 Å². The van der Waals surface area contributed by atoms with E-state index >= 15 is 0 Å². The molecule has 0 radical (unpaired) electrons. The lowest BCUT2D eigenvalue weighted by Gasteiger charge is -2.12. The largest absolute Gasteiger partial charge is 0.338 e. The second-order valence-corrected chi connectivity index (χ2v) is 6.57. The number of rotatable bonds is 1. The number of hydrogen-bond donors (Lipinski definition) is 1. The molecular weight excluding hydrogens is 376 g/mol. The first-order valence-electron chi connectivity index (χ1n) is 7.98.